The molecule has 0 fully saturated rings. The Bertz CT molecular complexity index is 886. The van der Waals surface area contributed by atoms with Crippen LogP contribution in [0.2, 0.25) is 5.02 Å². The van der Waals surface area contributed by atoms with E-state index in [-0.39, 0.29) is 18.4 Å². The third-order valence-corrected chi connectivity index (χ3v) is 4.99. The first-order chi connectivity index (χ1) is 12.6. The first-order valence-electron chi connectivity index (χ1n) is 8.68. The number of benzene rings is 2. The number of anilines is 1. The van der Waals surface area contributed by atoms with Gasteiger partial charge in [0.05, 0.1) is 17.5 Å². The monoisotopic (exact) mass is 365 g/mol. The van der Waals surface area contributed by atoms with Gasteiger partial charge < -0.3 is 0 Å². The van der Waals surface area contributed by atoms with Gasteiger partial charge in [-0.25, -0.2) is 0 Å². The molecule has 2 atom stereocenters. The summed E-state index contributed by atoms with van der Waals surface area (Å²) in [6.07, 6.45) is 0.819. The lowest BCUT2D eigenvalue weighted by Gasteiger charge is -2.24. The first kappa shape index (κ1) is 18.2. The molecule has 4 nitrogen and oxygen atoms in total. The number of amides is 1. The molecule has 132 valence electrons. The fourth-order valence-electron chi connectivity index (χ4n) is 3.13. The topological polar surface area (TPSA) is 56.5 Å². The Morgan fingerprint density at radius 1 is 1.27 bits per heavy atom. The van der Waals surface area contributed by atoms with Crippen LogP contribution < -0.4 is 4.90 Å². The van der Waals surface area contributed by atoms with Gasteiger partial charge in [0.25, 0.3) is 5.91 Å². The van der Waals surface area contributed by atoms with Crippen LogP contribution in [0.3, 0.4) is 0 Å². The molecule has 26 heavy (non-hydrogen) atoms. The number of carbonyl (C=O) groups excluding carboxylic acids is 1. The Morgan fingerprint density at radius 3 is 2.65 bits per heavy atom. The summed E-state index contributed by atoms with van der Waals surface area (Å²) in [7, 11) is 0. The van der Waals surface area contributed by atoms with E-state index in [1.54, 1.807) is 12.1 Å². The Morgan fingerprint density at radius 2 is 2.00 bits per heavy atom. The fourth-order valence-corrected chi connectivity index (χ4v) is 3.30. The third-order valence-electron chi connectivity index (χ3n) is 4.75. The van der Waals surface area contributed by atoms with Crippen LogP contribution in [-0.2, 0) is 4.79 Å². The number of hydrogen-bond donors (Lipinski definition) is 0. The predicted molar refractivity (Wildman–Crippen MR) is 105 cm³/mol. The van der Waals surface area contributed by atoms with Crippen molar-refractivity contribution in [1.29, 1.82) is 5.26 Å². The largest absolute Gasteiger partial charge is 0.296 e. The lowest BCUT2D eigenvalue weighted by atomic mass is 9.98. The number of nitrogens with zero attached hydrogens (tertiary/aromatic N) is 3. The Balaban J connectivity index is 2.28. The summed E-state index contributed by atoms with van der Waals surface area (Å²) in [6, 6.07) is 16.7. The number of fused-ring (bicyclic) bond motifs is 1. The van der Waals surface area contributed by atoms with Crippen molar-refractivity contribution in [1.82, 2.24) is 0 Å². The van der Waals surface area contributed by atoms with Crippen LogP contribution in [0.4, 0.5) is 5.69 Å². The van der Waals surface area contributed by atoms with Crippen LogP contribution in [0.5, 0.6) is 0 Å². The van der Waals surface area contributed by atoms with E-state index >= 15 is 0 Å². The van der Waals surface area contributed by atoms with Gasteiger partial charge in [-0.3, -0.25) is 14.7 Å². The second-order valence-corrected chi connectivity index (χ2v) is 6.85. The number of aliphatic imine (C=N–C) groups is 1. The predicted octanol–water partition coefficient (Wildman–Crippen LogP) is 4.46. The summed E-state index contributed by atoms with van der Waals surface area (Å²) in [4.78, 5) is 19.6. The van der Waals surface area contributed by atoms with Gasteiger partial charge in [-0.05, 0) is 24.1 Å². The van der Waals surface area contributed by atoms with Gasteiger partial charge in [-0.2, -0.15) is 5.26 Å². The van der Waals surface area contributed by atoms with E-state index in [4.69, 9.17) is 16.6 Å². The maximum Gasteiger partial charge on any atom is 0.253 e. The molecule has 1 heterocycles. The number of halogens is 1. The average Bonchev–Trinajstić information content (AvgIpc) is 2.77. The zero-order valence-electron chi connectivity index (χ0n) is 14.8. The lowest BCUT2D eigenvalue weighted by molar-refractivity contribution is -0.120. The number of nitriles is 1. The minimum atomic E-state index is -0.533. The van der Waals surface area contributed by atoms with Crippen LogP contribution in [-0.4, -0.2) is 24.2 Å². The SMILES string of the molecule is CC[C@H](C)C1N=C(c2ccccc2)c2cc(Cl)ccc2N(CC#N)C1=O. The van der Waals surface area contributed by atoms with E-state index in [1.165, 1.54) is 4.90 Å². The smallest absolute Gasteiger partial charge is 0.253 e. The van der Waals surface area contributed by atoms with E-state index in [9.17, 15) is 10.1 Å². The van der Waals surface area contributed by atoms with Crippen molar-refractivity contribution < 1.29 is 4.79 Å². The molecular weight excluding hydrogens is 346 g/mol. The van der Waals surface area contributed by atoms with Gasteiger partial charge in [-0.15, -0.1) is 0 Å². The molecule has 3 rings (SSSR count). The molecule has 2 aromatic rings. The van der Waals surface area contributed by atoms with E-state index in [0.717, 1.165) is 23.3 Å². The zero-order chi connectivity index (χ0) is 18.7. The molecule has 0 spiro atoms. The fraction of sp³-hybridized carbons (Fsp3) is 0.286. The molecule has 1 unspecified atom stereocenters. The summed E-state index contributed by atoms with van der Waals surface area (Å²) in [6.45, 7) is 4.04. The van der Waals surface area contributed by atoms with Crippen LogP contribution >= 0.6 is 11.6 Å². The lowest BCUT2D eigenvalue weighted by Crippen LogP contribution is -2.41. The van der Waals surface area contributed by atoms with Crippen LogP contribution in [0.15, 0.2) is 53.5 Å². The Labute approximate surface area is 158 Å². The molecular formula is C21H20ClN3O. The summed E-state index contributed by atoms with van der Waals surface area (Å²) in [5.74, 6) is -0.0809. The van der Waals surface area contributed by atoms with Crippen molar-refractivity contribution in [2.75, 3.05) is 11.4 Å². The van der Waals surface area contributed by atoms with Crippen LogP contribution in [0.25, 0.3) is 0 Å². The average molecular weight is 366 g/mol. The van der Waals surface area contributed by atoms with Crippen molar-refractivity contribution in [2.24, 2.45) is 10.9 Å². The van der Waals surface area contributed by atoms with Crippen LogP contribution in [0.1, 0.15) is 31.4 Å². The van der Waals surface area contributed by atoms with Gasteiger partial charge in [0.2, 0.25) is 0 Å². The van der Waals surface area contributed by atoms with Gasteiger partial charge in [0.1, 0.15) is 12.6 Å². The number of carbonyl (C=O) groups is 1. The number of rotatable bonds is 4. The van der Waals surface area contributed by atoms with Gasteiger partial charge in [0.15, 0.2) is 0 Å². The molecule has 1 amide bonds. The summed E-state index contributed by atoms with van der Waals surface area (Å²) >= 11 is 6.25. The molecule has 1 aliphatic rings. The third kappa shape index (κ3) is 3.36. The van der Waals surface area contributed by atoms with Crippen molar-refractivity contribution in [3.05, 3.63) is 64.7 Å². The van der Waals surface area contributed by atoms with Crippen molar-refractivity contribution >= 4 is 28.9 Å². The molecule has 5 heteroatoms. The number of benzodiazepines with no additional fused rings is 1. The summed E-state index contributed by atoms with van der Waals surface area (Å²) in [5.41, 5.74) is 3.12. The van der Waals surface area contributed by atoms with Crippen LogP contribution in [0, 0.1) is 17.2 Å². The molecule has 2 aromatic carbocycles. The van der Waals surface area contributed by atoms with E-state index in [2.05, 4.69) is 6.07 Å². The molecule has 0 radical (unpaired) electrons. The standard InChI is InChI=1S/C21H20ClN3O/c1-3-14(2)19-21(26)25(12-11-23)18-10-9-16(22)13-17(18)20(24-19)15-7-5-4-6-8-15/h4-10,13-14,19H,3,12H2,1-2H3/t14-,19?/m0/s1. The molecule has 0 saturated heterocycles. The second kappa shape index (κ2) is 7.72. The molecule has 0 bridgehead atoms. The minimum absolute atomic E-state index is 0.0159. The minimum Gasteiger partial charge on any atom is -0.296 e. The summed E-state index contributed by atoms with van der Waals surface area (Å²) in [5, 5.41) is 9.83. The maximum absolute atomic E-state index is 13.2. The van der Waals surface area contributed by atoms with E-state index in [1.807, 2.05) is 50.2 Å². The number of hydrogen-bond acceptors (Lipinski definition) is 3. The molecule has 0 aliphatic carbocycles. The highest BCUT2D eigenvalue weighted by Crippen LogP contribution is 2.32. The van der Waals surface area contributed by atoms with Gasteiger partial charge in [0, 0.05) is 16.1 Å². The summed E-state index contributed by atoms with van der Waals surface area (Å²) < 4.78 is 0. The van der Waals surface area contributed by atoms with Crippen molar-refractivity contribution in [3.8, 4) is 6.07 Å². The quantitative estimate of drug-likeness (QED) is 0.751. The maximum atomic E-state index is 13.2. The van der Waals surface area contributed by atoms with Gasteiger partial charge in [-0.1, -0.05) is 62.2 Å². The normalized spacial score (nSPS) is 17.8. The zero-order valence-corrected chi connectivity index (χ0v) is 15.6. The Hall–Kier alpha value is -2.64. The molecule has 0 saturated carbocycles. The molecule has 1 aliphatic heterocycles. The van der Waals surface area contributed by atoms with Gasteiger partial charge >= 0.3 is 0 Å². The molecule has 0 N–H and O–H groups in total. The van der Waals surface area contributed by atoms with Crippen molar-refractivity contribution in [3.63, 3.8) is 0 Å². The highest BCUT2D eigenvalue weighted by Gasteiger charge is 2.34. The highest BCUT2D eigenvalue weighted by atomic mass is 35.5. The van der Waals surface area contributed by atoms with E-state index < -0.39 is 6.04 Å². The first-order valence-corrected chi connectivity index (χ1v) is 9.06. The van der Waals surface area contributed by atoms with Crippen molar-refractivity contribution in [2.45, 2.75) is 26.3 Å². The second-order valence-electron chi connectivity index (χ2n) is 6.42. The Kier molecular flexibility index (Phi) is 5.39. The molecule has 0 aromatic heterocycles. The highest BCUT2D eigenvalue weighted by molar-refractivity contribution is 6.32. The van der Waals surface area contributed by atoms with E-state index in [0.29, 0.717) is 10.7 Å².